The minimum Gasteiger partial charge on any atom is -0.480 e. The van der Waals surface area contributed by atoms with Crippen LogP contribution in [0.5, 0.6) is 0 Å². The number of nitrogens with zero attached hydrogens (tertiary/aromatic N) is 3. The zero-order chi connectivity index (χ0) is 17.0. The summed E-state index contributed by atoms with van der Waals surface area (Å²) in [6.07, 6.45) is 8.55. The Morgan fingerprint density at radius 1 is 1.42 bits per heavy atom. The van der Waals surface area contributed by atoms with Crippen molar-refractivity contribution in [2.24, 2.45) is 0 Å². The maximum atomic E-state index is 10.7. The third kappa shape index (κ3) is 3.79. The van der Waals surface area contributed by atoms with Gasteiger partial charge in [0.1, 0.15) is 6.61 Å². The van der Waals surface area contributed by atoms with E-state index in [2.05, 4.69) is 10.00 Å². The van der Waals surface area contributed by atoms with Crippen LogP contribution < -0.4 is 0 Å². The number of likely N-dealkylation sites (tertiary alicyclic amines) is 1. The molecule has 0 amide bonds. The number of aromatic nitrogens is 2. The van der Waals surface area contributed by atoms with Crippen molar-refractivity contribution in [3.05, 3.63) is 18.5 Å². The predicted octanol–water partition coefficient (Wildman–Crippen LogP) is 1.39. The Kier molecular flexibility index (Phi) is 5.53. The number of fused-ring (bicyclic) bond motifs is 1. The highest BCUT2D eigenvalue weighted by Gasteiger charge is 2.50. The fraction of sp³-hybridized carbons (Fsp3) is 0.765. The van der Waals surface area contributed by atoms with Crippen LogP contribution in [-0.4, -0.2) is 70.3 Å². The molecule has 2 fully saturated rings. The average molecular weight is 337 g/mol. The summed E-state index contributed by atoms with van der Waals surface area (Å²) >= 11 is 0. The minimum atomic E-state index is -0.902. The minimum absolute atomic E-state index is 0.0149. The van der Waals surface area contributed by atoms with E-state index >= 15 is 0 Å². The standard InChI is InChI=1S/C17H27N3O4/c1-23-17-5-4-14(24-13-16(21)22)12-15(17)19(11-6-17)8-3-10-20-9-2-7-18-20/h2,7,9,14-15H,3-6,8,10-13H2,1H3,(H,21,22)/t14-,15+,17-/m1/s1. The fourth-order valence-electron chi connectivity index (χ4n) is 4.23. The maximum Gasteiger partial charge on any atom is 0.329 e. The molecule has 1 aliphatic carbocycles. The van der Waals surface area contributed by atoms with Gasteiger partial charge in [0.2, 0.25) is 0 Å². The van der Waals surface area contributed by atoms with Crippen molar-refractivity contribution in [2.75, 3.05) is 26.8 Å². The first-order valence-electron chi connectivity index (χ1n) is 8.73. The van der Waals surface area contributed by atoms with E-state index in [-0.39, 0.29) is 18.3 Å². The first-order chi connectivity index (χ1) is 11.6. The van der Waals surface area contributed by atoms with E-state index in [0.29, 0.717) is 6.04 Å². The van der Waals surface area contributed by atoms with E-state index in [1.54, 1.807) is 13.3 Å². The summed E-state index contributed by atoms with van der Waals surface area (Å²) in [5.74, 6) is -0.902. The molecule has 24 heavy (non-hydrogen) atoms. The Labute approximate surface area is 142 Å². The van der Waals surface area contributed by atoms with Gasteiger partial charge in [-0.1, -0.05) is 0 Å². The Balaban J connectivity index is 1.55. The molecule has 3 rings (SSSR count). The van der Waals surface area contributed by atoms with E-state index in [1.165, 1.54) is 0 Å². The summed E-state index contributed by atoms with van der Waals surface area (Å²) in [6.45, 7) is 2.73. The van der Waals surface area contributed by atoms with Gasteiger partial charge < -0.3 is 14.6 Å². The van der Waals surface area contributed by atoms with Crippen LogP contribution in [0.4, 0.5) is 0 Å². The molecule has 1 N–H and O–H groups in total. The molecule has 1 aliphatic heterocycles. The number of aliphatic carboxylic acids is 1. The lowest BCUT2D eigenvalue weighted by Gasteiger charge is -2.43. The van der Waals surface area contributed by atoms with E-state index in [4.69, 9.17) is 14.6 Å². The van der Waals surface area contributed by atoms with Crippen LogP contribution in [0.15, 0.2) is 18.5 Å². The Morgan fingerprint density at radius 3 is 3.00 bits per heavy atom. The lowest BCUT2D eigenvalue weighted by Crippen LogP contribution is -2.52. The first kappa shape index (κ1) is 17.4. The van der Waals surface area contributed by atoms with Crippen LogP contribution >= 0.6 is 0 Å². The van der Waals surface area contributed by atoms with Gasteiger partial charge in [-0.05, 0) is 38.2 Å². The number of carbonyl (C=O) groups is 1. The molecule has 3 atom stereocenters. The monoisotopic (exact) mass is 337 g/mol. The van der Waals surface area contributed by atoms with Gasteiger partial charge in [0.15, 0.2) is 0 Å². The molecule has 0 radical (unpaired) electrons. The van der Waals surface area contributed by atoms with Crippen molar-refractivity contribution in [3.8, 4) is 0 Å². The molecular weight excluding hydrogens is 310 g/mol. The van der Waals surface area contributed by atoms with Crippen LogP contribution in [-0.2, 0) is 20.8 Å². The molecule has 1 aromatic heterocycles. The molecule has 0 aromatic carbocycles. The zero-order valence-electron chi connectivity index (χ0n) is 14.3. The van der Waals surface area contributed by atoms with E-state index in [1.807, 2.05) is 16.9 Å². The maximum absolute atomic E-state index is 10.7. The fourth-order valence-corrected chi connectivity index (χ4v) is 4.23. The normalized spacial score (nSPS) is 30.4. The SMILES string of the molecule is CO[C@@]12CC[C@@H](OCC(=O)O)C[C@@H]1N(CCCn1cccn1)CC2. The first-order valence-corrected chi connectivity index (χ1v) is 8.73. The van der Waals surface area contributed by atoms with Gasteiger partial charge in [0.05, 0.1) is 11.7 Å². The van der Waals surface area contributed by atoms with Crippen molar-refractivity contribution < 1.29 is 19.4 Å². The van der Waals surface area contributed by atoms with Gasteiger partial charge in [0.25, 0.3) is 0 Å². The van der Waals surface area contributed by atoms with Crippen molar-refractivity contribution in [2.45, 2.75) is 56.4 Å². The lowest BCUT2D eigenvalue weighted by atomic mass is 9.79. The van der Waals surface area contributed by atoms with Crippen LogP contribution in [0.25, 0.3) is 0 Å². The van der Waals surface area contributed by atoms with Gasteiger partial charge in [-0.15, -0.1) is 0 Å². The molecule has 2 heterocycles. The van der Waals surface area contributed by atoms with Gasteiger partial charge >= 0.3 is 5.97 Å². The summed E-state index contributed by atoms with van der Waals surface area (Å²) in [5.41, 5.74) is -0.0885. The summed E-state index contributed by atoms with van der Waals surface area (Å²) in [6, 6.07) is 2.25. The second kappa shape index (κ2) is 7.63. The Hall–Kier alpha value is -1.44. The van der Waals surface area contributed by atoms with Gasteiger partial charge in [-0.25, -0.2) is 4.79 Å². The number of carboxylic acid groups (broad SMARTS) is 1. The Bertz CT molecular complexity index is 536. The van der Waals surface area contributed by atoms with Crippen LogP contribution in [0.1, 0.15) is 32.1 Å². The number of carboxylic acids is 1. The second-order valence-electron chi connectivity index (χ2n) is 6.79. The number of hydrogen-bond acceptors (Lipinski definition) is 5. The molecule has 0 unspecified atom stereocenters. The quantitative estimate of drug-likeness (QED) is 0.772. The van der Waals surface area contributed by atoms with Crippen molar-refractivity contribution >= 4 is 5.97 Å². The predicted molar refractivity (Wildman–Crippen MR) is 87.8 cm³/mol. The highest BCUT2D eigenvalue weighted by molar-refractivity contribution is 5.68. The topological polar surface area (TPSA) is 76.8 Å². The van der Waals surface area contributed by atoms with Crippen LogP contribution in [0.3, 0.4) is 0 Å². The highest BCUT2D eigenvalue weighted by atomic mass is 16.5. The number of aryl methyl sites for hydroxylation is 1. The van der Waals surface area contributed by atoms with Gasteiger partial charge in [0, 0.05) is 45.2 Å². The summed E-state index contributed by atoms with van der Waals surface area (Å²) < 4.78 is 13.4. The lowest BCUT2D eigenvalue weighted by molar-refractivity contribution is -0.148. The molecule has 1 saturated heterocycles. The zero-order valence-corrected chi connectivity index (χ0v) is 14.3. The van der Waals surface area contributed by atoms with Gasteiger partial charge in [-0.3, -0.25) is 9.58 Å². The van der Waals surface area contributed by atoms with Crippen molar-refractivity contribution in [1.29, 1.82) is 0 Å². The van der Waals surface area contributed by atoms with Crippen molar-refractivity contribution in [1.82, 2.24) is 14.7 Å². The second-order valence-corrected chi connectivity index (χ2v) is 6.79. The molecular formula is C17H27N3O4. The highest BCUT2D eigenvalue weighted by Crippen LogP contribution is 2.43. The molecule has 1 aromatic rings. The van der Waals surface area contributed by atoms with Crippen LogP contribution in [0, 0.1) is 0 Å². The molecule has 134 valence electrons. The smallest absolute Gasteiger partial charge is 0.329 e. The van der Waals surface area contributed by atoms with Crippen LogP contribution in [0.2, 0.25) is 0 Å². The summed E-state index contributed by atoms with van der Waals surface area (Å²) in [5, 5.41) is 13.1. The molecule has 0 bridgehead atoms. The summed E-state index contributed by atoms with van der Waals surface area (Å²) in [7, 11) is 1.80. The number of hydrogen-bond donors (Lipinski definition) is 1. The van der Waals surface area contributed by atoms with Crippen molar-refractivity contribution in [3.63, 3.8) is 0 Å². The van der Waals surface area contributed by atoms with E-state index in [0.717, 1.165) is 51.7 Å². The molecule has 7 nitrogen and oxygen atoms in total. The number of rotatable bonds is 8. The summed E-state index contributed by atoms with van der Waals surface area (Å²) in [4.78, 5) is 13.2. The molecule has 2 aliphatic rings. The van der Waals surface area contributed by atoms with E-state index in [9.17, 15) is 4.79 Å². The largest absolute Gasteiger partial charge is 0.480 e. The third-order valence-electron chi connectivity index (χ3n) is 5.49. The molecule has 7 heteroatoms. The van der Waals surface area contributed by atoms with Gasteiger partial charge in [-0.2, -0.15) is 5.10 Å². The Morgan fingerprint density at radius 2 is 2.29 bits per heavy atom. The molecule has 1 saturated carbocycles. The molecule has 0 spiro atoms. The number of methoxy groups -OCH3 is 1. The van der Waals surface area contributed by atoms with E-state index < -0.39 is 5.97 Å². The number of ether oxygens (including phenoxy) is 2. The average Bonchev–Trinajstić information content (AvgIpc) is 3.21. The third-order valence-corrected chi connectivity index (χ3v) is 5.49.